The van der Waals surface area contributed by atoms with Crippen molar-refractivity contribution in [1.29, 1.82) is 0 Å². The van der Waals surface area contributed by atoms with E-state index in [9.17, 15) is 4.79 Å². The molecule has 0 aliphatic heterocycles. The molecule has 1 aromatic rings. The average Bonchev–Trinajstić information content (AvgIpc) is 2.27. The lowest BCUT2D eigenvalue weighted by Crippen LogP contribution is -2.41. The highest BCUT2D eigenvalue weighted by Crippen LogP contribution is 2.43. The second kappa shape index (κ2) is 5.74. The van der Waals surface area contributed by atoms with Gasteiger partial charge in [-0.05, 0) is 58.8 Å². The van der Waals surface area contributed by atoms with Crippen LogP contribution in [0.5, 0.6) is 0 Å². The molecule has 0 saturated heterocycles. The van der Waals surface area contributed by atoms with Crippen molar-refractivity contribution < 1.29 is 4.79 Å². The van der Waals surface area contributed by atoms with Gasteiger partial charge in [0, 0.05) is 15.5 Å². The van der Waals surface area contributed by atoms with Gasteiger partial charge in [0.2, 0.25) is 0 Å². The summed E-state index contributed by atoms with van der Waals surface area (Å²) >= 11 is 6.81. The number of hydrogen-bond donors (Lipinski definition) is 1. The second-order valence-electron chi connectivity index (χ2n) is 5.01. The Morgan fingerprint density at radius 1 is 1.39 bits per heavy atom. The topological polar surface area (TPSA) is 29.1 Å². The second-order valence-corrected chi connectivity index (χ2v) is 6.78. The van der Waals surface area contributed by atoms with E-state index in [-0.39, 0.29) is 5.91 Å². The van der Waals surface area contributed by atoms with Gasteiger partial charge in [0.1, 0.15) is 0 Å². The fraction of sp³-hybridized carbons (Fsp3) is 0.500. The molecule has 0 spiro atoms. The maximum Gasteiger partial charge on any atom is 0.252 e. The Bertz CT molecular complexity index is 450. The van der Waals surface area contributed by atoms with Crippen LogP contribution in [0.1, 0.15) is 43.0 Å². The molecule has 1 aromatic carbocycles. The van der Waals surface area contributed by atoms with Gasteiger partial charge in [0.25, 0.3) is 5.91 Å². The molecule has 1 aliphatic rings. The van der Waals surface area contributed by atoms with E-state index >= 15 is 0 Å². The van der Waals surface area contributed by atoms with Crippen LogP contribution in [-0.4, -0.2) is 12.5 Å². The van der Waals surface area contributed by atoms with E-state index in [1.807, 2.05) is 18.2 Å². The molecular formula is C14H17Br2NO. The molecule has 18 heavy (non-hydrogen) atoms. The summed E-state index contributed by atoms with van der Waals surface area (Å²) in [7, 11) is 0. The normalized spacial score (nSPS) is 17.1. The van der Waals surface area contributed by atoms with Crippen molar-refractivity contribution in [2.45, 2.75) is 32.6 Å². The van der Waals surface area contributed by atoms with Crippen LogP contribution in [0.2, 0.25) is 0 Å². The number of rotatable bonds is 4. The van der Waals surface area contributed by atoms with Gasteiger partial charge in [-0.1, -0.05) is 29.3 Å². The fourth-order valence-electron chi connectivity index (χ4n) is 2.37. The zero-order valence-corrected chi connectivity index (χ0v) is 13.6. The van der Waals surface area contributed by atoms with Gasteiger partial charge in [0.15, 0.2) is 0 Å². The molecule has 0 unspecified atom stereocenters. The zero-order valence-electron chi connectivity index (χ0n) is 10.4. The number of nitrogens with one attached hydrogen (secondary N) is 1. The molecule has 1 amide bonds. The molecule has 2 rings (SSSR count). The van der Waals surface area contributed by atoms with E-state index in [0.717, 1.165) is 21.9 Å². The Morgan fingerprint density at radius 3 is 2.61 bits per heavy atom. The Labute approximate surface area is 125 Å². The lowest BCUT2D eigenvalue weighted by molar-refractivity contribution is 0.0849. The van der Waals surface area contributed by atoms with Crippen LogP contribution in [0.25, 0.3) is 0 Å². The molecule has 2 nitrogen and oxygen atoms in total. The summed E-state index contributed by atoms with van der Waals surface area (Å²) in [6.07, 6.45) is 4.93. The summed E-state index contributed by atoms with van der Waals surface area (Å²) in [5.41, 5.74) is 1.06. The molecule has 1 aliphatic carbocycles. The van der Waals surface area contributed by atoms with Crippen LogP contribution in [0, 0.1) is 5.41 Å². The predicted molar refractivity (Wildman–Crippen MR) is 80.8 cm³/mol. The Hall–Kier alpha value is -0.350. The summed E-state index contributed by atoms with van der Waals surface area (Å²) in [6, 6.07) is 5.62. The average molecular weight is 375 g/mol. The molecule has 98 valence electrons. The molecule has 1 fully saturated rings. The van der Waals surface area contributed by atoms with Gasteiger partial charge in [-0.15, -0.1) is 0 Å². The highest BCUT2D eigenvalue weighted by molar-refractivity contribution is 9.11. The Morgan fingerprint density at radius 2 is 2.11 bits per heavy atom. The molecular weight excluding hydrogens is 358 g/mol. The largest absolute Gasteiger partial charge is 0.351 e. The van der Waals surface area contributed by atoms with Crippen molar-refractivity contribution in [1.82, 2.24) is 5.32 Å². The third-order valence-corrected chi connectivity index (χ3v) is 5.11. The minimum Gasteiger partial charge on any atom is -0.351 e. The molecule has 4 heteroatoms. The third-order valence-electron chi connectivity index (χ3n) is 3.96. The molecule has 0 radical (unpaired) electrons. The quantitative estimate of drug-likeness (QED) is 0.824. The van der Waals surface area contributed by atoms with Crippen LogP contribution in [0.4, 0.5) is 0 Å². The van der Waals surface area contributed by atoms with E-state index in [1.165, 1.54) is 19.3 Å². The highest BCUT2D eigenvalue weighted by atomic mass is 79.9. The van der Waals surface area contributed by atoms with Crippen LogP contribution >= 0.6 is 31.9 Å². The van der Waals surface area contributed by atoms with Gasteiger partial charge < -0.3 is 5.32 Å². The predicted octanol–water partition coefficient (Wildman–Crippen LogP) is 4.52. The van der Waals surface area contributed by atoms with E-state index in [4.69, 9.17) is 0 Å². The van der Waals surface area contributed by atoms with Crippen LogP contribution in [0.3, 0.4) is 0 Å². The van der Waals surface area contributed by atoms with Crippen molar-refractivity contribution in [2.75, 3.05) is 6.54 Å². The lowest BCUT2D eigenvalue weighted by atomic mass is 9.67. The maximum atomic E-state index is 12.1. The number of carbonyl (C=O) groups is 1. The SMILES string of the molecule is CCC1(CNC(=O)c2ccc(Br)cc2Br)CCC1. The Balaban J connectivity index is 1.99. The van der Waals surface area contributed by atoms with Crippen LogP contribution in [-0.2, 0) is 0 Å². The molecule has 0 heterocycles. The van der Waals surface area contributed by atoms with Crippen LogP contribution < -0.4 is 5.32 Å². The summed E-state index contributed by atoms with van der Waals surface area (Å²) in [5.74, 6) is 0.00843. The molecule has 1 saturated carbocycles. The summed E-state index contributed by atoms with van der Waals surface area (Å²) in [5, 5.41) is 3.07. The van der Waals surface area contributed by atoms with Gasteiger partial charge in [-0.25, -0.2) is 0 Å². The van der Waals surface area contributed by atoms with Gasteiger partial charge in [0.05, 0.1) is 5.56 Å². The van der Waals surface area contributed by atoms with Crippen LogP contribution in [0.15, 0.2) is 27.1 Å². The number of hydrogen-bond acceptors (Lipinski definition) is 1. The van der Waals surface area contributed by atoms with Gasteiger partial charge in [-0.2, -0.15) is 0 Å². The van der Waals surface area contributed by atoms with Gasteiger partial charge >= 0.3 is 0 Å². The monoisotopic (exact) mass is 373 g/mol. The Kier molecular flexibility index (Phi) is 4.49. The van der Waals surface area contributed by atoms with Crippen molar-refractivity contribution in [3.8, 4) is 0 Å². The standard InChI is InChI=1S/C14H17Br2NO/c1-2-14(6-3-7-14)9-17-13(18)11-5-4-10(15)8-12(11)16/h4-5,8H,2-3,6-7,9H2,1H3,(H,17,18). The fourth-order valence-corrected chi connectivity index (χ4v) is 3.60. The third kappa shape index (κ3) is 2.97. The number of carbonyl (C=O) groups excluding carboxylic acids is 1. The first-order valence-electron chi connectivity index (χ1n) is 6.29. The number of amides is 1. The smallest absolute Gasteiger partial charge is 0.252 e. The summed E-state index contributed by atoms with van der Waals surface area (Å²) < 4.78 is 1.79. The van der Waals surface area contributed by atoms with Gasteiger partial charge in [-0.3, -0.25) is 4.79 Å². The zero-order chi connectivity index (χ0) is 13.2. The number of benzene rings is 1. The van der Waals surface area contributed by atoms with Crippen molar-refractivity contribution >= 4 is 37.8 Å². The van der Waals surface area contributed by atoms with E-state index < -0.39 is 0 Å². The molecule has 0 aromatic heterocycles. The first-order valence-corrected chi connectivity index (χ1v) is 7.88. The summed E-state index contributed by atoms with van der Waals surface area (Å²) in [4.78, 5) is 12.1. The van der Waals surface area contributed by atoms with E-state index in [1.54, 1.807) is 0 Å². The number of halogens is 2. The molecule has 1 N–H and O–H groups in total. The lowest BCUT2D eigenvalue weighted by Gasteiger charge is -2.41. The van der Waals surface area contributed by atoms with Crippen molar-refractivity contribution in [2.24, 2.45) is 5.41 Å². The minimum absolute atomic E-state index is 0.00843. The minimum atomic E-state index is 0.00843. The van der Waals surface area contributed by atoms with Crippen molar-refractivity contribution in [3.05, 3.63) is 32.7 Å². The highest BCUT2D eigenvalue weighted by Gasteiger charge is 2.35. The molecule has 0 bridgehead atoms. The molecule has 0 atom stereocenters. The maximum absolute atomic E-state index is 12.1. The first kappa shape index (κ1) is 14.1. The summed E-state index contributed by atoms with van der Waals surface area (Å²) in [6.45, 7) is 3.01. The first-order chi connectivity index (χ1) is 8.56. The van der Waals surface area contributed by atoms with E-state index in [2.05, 4.69) is 44.1 Å². The van der Waals surface area contributed by atoms with E-state index in [0.29, 0.717) is 11.0 Å². The van der Waals surface area contributed by atoms with Crippen molar-refractivity contribution in [3.63, 3.8) is 0 Å².